The molecule has 0 saturated carbocycles. The van der Waals surface area contributed by atoms with Gasteiger partial charge in [-0.2, -0.15) is 0 Å². The summed E-state index contributed by atoms with van der Waals surface area (Å²) in [4.78, 5) is 24.5. The first-order valence-electron chi connectivity index (χ1n) is 5.83. The van der Waals surface area contributed by atoms with Gasteiger partial charge in [-0.3, -0.25) is 9.59 Å². The maximum atomic E-state index is 11.8. The minimum Gasteiger partial charge on any atom is -0.352 e. The van der Waals surface area contributed by atoms with Crippen LogP contribution in [0, 0.1) is 0 Å². The molecule has 0 radical (unpaired) electrons. The Morgan fingerprint density at radius 3 is 2.81 bits per heavy atom. The van der Waals surface area contributed by atoms with Crippen LogP contribution in [0.1, 0.15) is 26.2 Å². The highest BCUT2D eigenvalue weighted by Crippen LogP contribution is 2.11. The van der Waals surface area contributed by atoms with Crippen molar-refractivity contribution in [2.45, 2.75) is 32.2 Å². The largest absolute Gasteiger partial charge is 0.352 e. The van der Waals surface area contributed by atoms with Crippen LogP contribution < -0.4 is 10.6 Å². The molecule has 0 aromatic heterocycles. The number of nitrogens with zero attached hydrogens (tertiary/aromatic N) is 1. The van der Waals surface area contributed by atoms with Crippen molar-refractivity contribution in [1.82, 2.24) is 15.5 Å². The Morgan fingerprint density at radius 1 is 1.44 bits per heavy atom. The first-order chi connectivity index (χ1) is 7.63. The van der Waals surface area contributed by atoms with Crippen molar-refractivity contribution in [3.8, 4) is 0 Å². The number of piperidine rings is 1. The van der Waals surface area contributed by atoms with Gasteiger partial charge in [-0.15, -0.1) is 0 Å². The fourth-order valence-electron chi connectivity index (χ4n) is 2.00. The standard InChI is InChI=1S/C11H21N3O2/c1-9(15)13-10-4-3-7-14(8-10)11(16)5-6-12-2/h10,12H,3-8H2,1-2H3,(H,13,15). The third kappa shape index (κ3) is 4.18. The van der Waals surface area contributed by atoms with Gasteiger partial charge in [-0.05, 0) is 19.9 Å². The molecule has 2 amide bonds. The summed E-state index contributed by atoms with van der Waals surface area (Å²) in [6.45, 7) is 3.70. The van der Waals surface area contributed by atoms with Crippen molar-refractivity contribution < 1.29 is 9.59 Å². The van der Waals surface area contributed by atoms with Crippen LogP contribution in [-0.4, -0.2) is 49.4 Å². The topological polar surface area (TPSA) is 61.4 Å². The highest BCUT2D eigenvalue weighted by atomic mass is 16.2. The van der Waals surface area contributed by atoms with Gasteiger partial charge in [0.15, 0.2) is 0 Å². The summed E-state index contributed by atoms with van der Waals surface area (Å²) in [5.41, 5.74) is 0. The van der Waals surface area contributed by atoms with Crippen molar-refractivity contribution in [3.63, 3.8) is 0 Å². The second-order valence-corrected chi connectivity index (χ2v) is 4.23. The molecule has 1 aliphatic rings. The lowest BCUT2D eigenvalue weighted by molar-refractivity contribution is -0.133. The average Bonchev–Trinajstić information content (AvgIpc) is 2.25. The molecule has 0 spiro atoms. The number of amides is 2. The molecule has 2 N–H and O–H groups in total. The van der Waals surface area contributed by atoms with Crippen LogP contribution in [0.15, 0.2) is 0 Å². The molecule has 0 aliphatic carbocycles. The lowest BCUT2D eigenvalue weighted by atomic mass is 10.1. The van der Waals surface area contributed by atoms with Crippen LogP contribution in [-0.2, 0) is 9.59 Å². The number of rotatable bonds is 4. The van der Waals surface area contributed by atoms with Gasteiger partial charge in [0, 0.05) is 39.0 Å². The summed E-state index contributed by atoms with van der Waals surface area (Å²) in [7, 11) is 1.84. The first kappa shape index (κ1) is 13.0. The number of hydrogen-bond donors (Lipinski definition) is 2. The predicted octanol–water partition coefficient (Wildman–Crippen LogP) is -0.277. The van der Waals surface area contributed by atoms with Crippen molar-refractivity contribution >= 4 is 11.8 Å². The molecule has 1 fully saturated rings. The summed E-state index contributed by atoms with van der Waals surface area (Å²) in [6, 6.07) is 0.129. The molecule has 16 heavy (non-hydrogen) atoms. The van der Waals surface area contributed by atoms with E-state index in [0.29, 0.717) is 19.5 Å². The van der Waals surface area contributed by atoms with Gasteiger partial charge < -0.3 is 15.5 Å². The normalized spacial score (nSPS) is 20.6. The lowest BCUT2D eigenvalue weighted by Gasteiger charge is -2.33. The molecule has 1 rings (SSSR count). The van der Waals surface area contributed by atoms with E-state index >= 15 is 0 Å². The van der Waals surface area contributed by atoms with Gasteiger partial charge in [0.2, 0.25) is 11.8 Å². The fraction of sp³-hybridized carbons (Fsp3) is 0.818. The second kappa shape index (κ2) is 6.48. The zero-order valence-electron chi connectivity index (χ0n) is 10.1. The van der Waals surface area contributed by atoms with Gasteiger partial charge in [-0.1, -0.05) is 0 Å². The zero-order valence-corrected chi connectivity index (χ0v) is 10.1. The molecule has 1 aliphatic heterocycles. The Hall–Kier alpha value is -1.10. The maximum Gasteiger partial charge on any atom is 0.223 e. The van der Waals surface area contributed by atoms with Crippen LogP contribution in [0.2, 0.25) is 0 Å². The fourth-order valence-corrected chi connectivity index (χ4v) is 2.00. The van der Waals surface area contributed by atoms with Crippen molar-refractivity contribution in [1.29, 1.82) is 0 Å². The van der Waals surface area contributed by atoms with E-state index in [1.165, 1.54) is 6.92 Å². The molecule has 0 aromatic carbocycles. The Balaban J connectivity index is 2.37. The highest BCUT2D eigenvalue weighted by molar-refractivity contribution is 5.77. The van der Waals surface area contributed by atoms with E-state index < -0.39 is 0 Å². The summed E-state index contributed by atoms with van der Waals surface area (Å²) in [6.07, 6.45) is 2.47. The van der Waals surface area contributed by atoms with E-state index in [4.69, 9.17) is 0 Å². The van der Waals surface area contributed by atoms with E-state index in [9.17, 15) is 9.59 Å². The van der Waals surface area contributed by atoms with Gasteiger partial charge in [0.25, 0.3) is 0 Å². The minimum atomic E-state index is -0.0190. The van der Waals surface area contributed by atoms with E-state index in [-0.39, 0.29) is 17.9 Å². The molecule has 0 aromatic rings. The van der Waals surface area contributed by atoms with Crippen LogP contribution in [0.4, 0.5) is 0 Å². The Bertz CT molecular complexity index is 256. The van der Waals surface area contributed by atoms with E-state index in [2.05, 4.69) is 10.6 Å². The highest BCUT2D eigenvalue weighted by Gasteiger charge is 2.23. The predicted molar refractivity (Wildman–Crippen MR) is 62.0 cm³/mol. The number of carbonyl (C=O) groups is 2. The number of hydrogen-bond acceptors (Lipinski definition) is 3. The monoisotopic (exact) mass is 227 g/mol. The molecule has 1 saturated heterocycles. The maximum absolute atomic E-state index is 11.8. The van der Waals surface area contributed by atoms with Crippen molar-refractivity contribution in [3.05, 3.63) is 0 Å². The smallest absolute Gasteiger partial charge is 0.223 e. The third-order valence-corrected chi connectivity index (χ3v) is 2.77. The first-order valence-corrected chi connectivity index (χ1v) is 5.83. The molecule has 5 heteroatoms. The lowest BCUT2D eigenvalue weighted by Crippen LogP contribution is -2.49. The van der Waals surface area contributed by atoms with Crippen molar-refractivity contribution in [2.75, 3.05) is 26.7 Å². The SMILES string of the molecule is CNCCC(=O)N1CCCC(NC(C)=O)C1. The third-order valence-electron chi connectivity index (χ3n) is 2.77. The molecule has 1 unspecified atom stereocenters. The zero-order chi connectivity index (χ0) is 12.0. The summed E-state index contributed by atoms with van der Waals surface area (Å²) in [5, 5.41) is 5.84. The second-order valence-electron chi connectivity index (χ2n) is 4.23. The van der Waals surface area contributed by atoms with Crippen LogP contribution in [0.25, 0.3) is 0 Å². The number of carbonyl (C=O) groups excluding carboxylic acids is 2. The summed E-state index contributed by atoms with van der Waals surface area (Å²) in [5.74, 6) is 0.152. The molecule has 1 heterocycles. The Kier molecular flexibility index (Phi) is 5.25. The van der Waals surface area contributed by atoms with Crippen LogP contribution in [0.3, 0.4) is 0 Å². The Morgan fingerprint density at radius 2 is 2.19 bits per heavy atom. The quantitative estimate of drug-likeness (QED) is 0.694. The van der Waals surface area contributed by atoms with E-state index in [1.807, 2.05) is 11.9 Å². The van der Waals surface area contributed by atoms with Gasteiger partial charge in [-0.25, -0.2) is 0 Å². The molecular formula is C11H21N3O2. The van der Waals surface area contributed by atoms with Crippen LogP contribution >= 0.6 is 0 Å². The molecule has 1 atom stereocenters. The van der Waals surface area contributed by atoms with Crippen molar-refractivity contribution in [2.24, 2.45) is 0 Å². The van der Waals surface area contributed by atoms with E-state index in [0.717, 1.165) is 19.4 Å². The summed E-state index contributed by atoms with van der Waals surface area (Å²) >= 11 is 0. The number of likely N-dealkylation sites (tertiary alicyclic amines) is 1. The van der Waals surface area contributed by atoms with Gasteiger partial charge in [0.05, 0.1) is 0 Å². The summed E-state index contributed by atoms with van der Waals surface area (Å²) < 4.78 is 0. The number of nitrogens with one attached hydrogen (secondary N) is 2. The van der Waals surface area contributed by atoms with E-state index in [1.54, 1.807) is 0 Å². The van der Waals surface area contributed by atoms with Gasteiger partial charge >= 0.3 is 0 Å². The average molecular weight is 227 g/mol. The minimum absolute atomic E-state index is 0.0190. The Labute approximate surface area is 96.6 Å². The molecule has 0 bridgehead atoms. The molecule has 5 nitrogen and oxygen atoms in total. The van der Waals surface area contributed by atoms with Gasteiger partial charge in [0.1, 0.15) is 0 Å². The van der Waals surface area contributed by atoms with Crippen LogP contribution in [0.5, 0.6) is 0 Å². The molecular weight excluding hydrogens is 206 g/mol. The molecule has 92 valence electrons.